The highest BCUT2D eigenvalue weighted by Gasteiger charge is 2.24. The zero-order chi connectivity index (χ0) is 15.9. The third-order valence-electron chi connectivity index (χ3n) is 4.42. The van der Waals surface area contributed by atoms with E-state index in [0.717, 1.165) is 36.2 Å². The lowest BCUT2D eigenvalue weighted by molar-refractivity contribution is 0.0682. The second kappa shape index (κ2) is 5.71. The van der Waals surface area contributed by atoms with Gasteiger partial charge in [0.15, 0.2) is 5.65 Å². The fourth-order valence-electron chi connectivity index (χ4n) is 3.20. The van der Waals surface area contributed by atoms with E-state index in [4.69, 9.17) is 0 Å². The number of aromatic nitrogens is 3. The number of aryl methyl sites for hydroxylation is 1. The number of pyridine rings is 1. The smallest absolute Gasteiger partial charge is 0.255 e. The van der Waals surface area contributed by atoms with Crippen LogP contribution >= 0.6 is 0 Å². The molecule has 5 nitrogen and oxygen atoms in total. The SMILES string of the molecule is Cc1nc2c(cnn2C(C)C)cc1C(=O)N1CCCC(C)C1. The van der Waals surface area contributed by atoms with Crippen molar-refractivity contribution in [3.63, 3.8) is 0 Å². The molecule has 1 aliphatic rings. The maximum Gasteiger partial charge on any atom is 0.255 e. The summed E-state index contributed by atoms with van der Waals surface area (Å²) >= 11 is 0. The van der Waals surface area contributed by atoms with Gasteiger partial charge in [-0.05, 0) is 45.6 Å². The Morgan fingerprint density at radius 3 is 2.86 bits per heavy atom. The van der Waals surface area contributed by atoms with Crippen LogP contribution in [-0.2, 0) is 0 Å². The van der Waals surface area contributed by atoms with E-state index < -0.39 is 0 Å². The molecule has 0 spiro atoms. The number of carbonyl (C=O) groups excluding carboxylic acids is 1. The summed E-state index contributed by atoms with van der Waals surface area (Å²) in [5.74, 6) is 0.689. The maximum absolute atomic E-state index is 12.8. The van der Waals surface area contributed by atoms with Crippen molar-refractivity contribution in [3.8, 4) is 0 Å². The molecule has 0 radical (unpaired) electrons. The number of likely N-dealkylation sites (tertiary alicyclic amines) is 1. The normalized spacial score (nSPS) is 19.1. The fourth-order valence-corrected chi connectivity index (χ4v) is 3.20. The summed E-state index contributed by atoms with van der Waals surface area (Å²) in [6.07, 6.45) is 4.10. The van der Waals surface area contributed by atoms with Gasteiger partial charge in [-0.2, -0.15) is 5.10 Å². The Hall–Kier alpha value is -1.91. The first-order chi connectivity index (χ1) is 10.5. The Morgan fingerprint density at radius 1 is 1.41 bits per heavy atom. The minimum atomic E-state index is 0.107. The molecule has 5 heteroatoms. The molecule has 3 rings (SSSR count). The standard InChI is InChI=1S/C17H24N4O/c1-11(2)21-16-14(9-18-21)8-15(13(4)19-16)17(22)20-7-5-6-12(3)10-20/h8-9,11-12H,5-7,10H2,1-4H3. The van der Waals surface area contributed by atoms with E-state index >= 15 is 0 Å². The van der Waals surface area contributed by atoms with E-state index in [2.05, 4.69) is 30.9 Å². The van der Waals surface area contributed by atoms with Crippen molar-refractivity contribution in [2.24, 2.45) is 5.92 Å². The van der Waals surface area contributed by atoms with Crippen LogP contribution in [0.1, 0.15) is 55.7 Å². The van der Waals surface area contributed by atoms with Gasteiger partial charge in [0.25, 0.3) is 5.91 Å². The Balaban J connectivity index is 1.97. The molecule has 0 aliphatic carbocycles. The third-order valence-corrected chi connectivity index (χ3v) is 4.42. The highest BCUT2D eigenvalue weighted by Crippen LogP contribution is 2.23. The van der Waals surface area contributed by atoms with Crippen LogP contribution in [0.4, 0.5) is 0 Å². The molecule has 0 saturated carbocycles. The van der Waals surface area contributed by atoms with E-state index in [0.29, 0.717) is 11.5 Å². The number of rotatable bonds is 2. The van der Waals surface area contributed by atoms with Crippen molar-refractivity contribution < 1.29 is 4.79 Å². The predicted octanol–water partition coefficient (Wildman–Crippen LogP) is 3.19. The van der Waals surface area contributed by atoms with Crippen molar-refractivity contribution >= 4 is 16.9 Å². The molecular formula is C17H24N4O. The number of hydrogen-bond acceptors (Lipinski definition) is 3. The van der Waals surface area contributed by atoms with E-state index in [-0.39, 0.29) is 11.9 Å². The van der Waals surface area contributed by atoms with E-state index in [1.165, 1.54) is 6.42 Å². The van der Waals surface area contributed by atoms with Gasteiger partial charge >= 0.3 is 0 Å². The van der Waals surface area contributed by atoms with Crippen molar-refractivity contribution in [3.05, 3.63) is 23.5 Å². The van der Waals surface area contributed by atoms with Crippen LogP contribution in [0.15, 0.2) is 12.3 Å². The number of amides is 1. The second-order valence-electron chi connectivity index (χ2n) is 6.72. The summed E-state index contributed by atoms with van der Waals surface area (Å²) < 4.78 is 1.90. The van der Waals surface area contributed by atoms with Gasteiger partial charge in [0.2, 0.25) is 0 Å². The van der Waals surface area contributed by atoms with Crippen LogP contribution in [0.5, 0.6) is 0 Å². The minimum absolute atomic E-state index is 0.107. The van der Waals surface area contributed by atoms with E-state index in [1.807, 2.05) is 22.6 Å². The summed E-state index contributed by atoms with van der Waals surface area (Å²) in [5.41, 5.74) is 2.36. The monoisotopic (exact) mass is 300 g/mol. The van der Waals surface area contributed by atoms with Gasteiger partial charge in [0.05, 0.1) is 17.5 Å². The Kier molecular flexibility index (Phi) is 3.89. The Labute approximate surface area is 131 Å². The van der Waals surface area contributed by atoms with E-state index in [1.54, 1.807) is 6.20 Å². The van der Waals surface area contributed by atoms with Crippen molar-refractivity contribution in [2.45, 2.75) is 46.6 Å². The van der Waals surface area contributed by atoms with Crippen LogP contribution in [0.25, 0.3) is 11.0 Å². The predicted molar refractivity (Wildman–Crippen MR) is 87.0 cm³/mol. The maximum atomic E-state index is 12.8. The topological polar surface area (TPSA) is 51.0 Å². The van der Waals surface area contributed by atoms with Gasteiger partial charge in [0.1, 0.15) is 0 Å². The second-order valence-corrected chi connectivity index (χ2v) is 6.72. The first kappa shape index (κ1) is 15.0. The van der Waals surface area contributed by atoms with Gasteiger partial charge < -0.3 is 4.90 Å². The average Bonchev–Trinajstić information content (AvgIpc) is 2.88. The number of fused-ring (bicyclic) bond motifs is 1. The van der Waals surface area contributed by atoms with Gasteiger partial charge in [0, 0.05) is 24.5 Å². The van der Waals surface area contributed by atoms with E-state index in [9.17, 15) is 4.79 Å². The molecule has 118 valence electrons. The molecule has 1 fully saturated rings. The fraction of sp³-hybridized carbons (Fsp3) is 0.588. The molecular weight excluding hydrogens is 276 g/mol. The number of hydrogen-bond donors (Lipinski definition) is 0. The van der Waals surface area contributed by atoms with Crippen molar-refractivity contribution in [2.75, 3.05) is 13.1 Å². The van der Waals surface area contributed by atoms with Crippen LogP contribution in [-0.4, -0.2) is 38.7 Å². The van der Waals surface area contributed by atoms with Gasteiger partial charge in [-0.15, -0.1) is 0 Å². The number of piperidine rings is 1. The van der Waals surface area contributed by atoms with Crippen LogP contribution in [0, 0.1) is 12.8 Å². The molecule has 1 unspecified atom stereocenters. The highest BCUT2D eigenvalue weighted by atomic mass is 16.2. The largest absolute Gasteiger partial charge is 0.338 e. The zero-order valence-electron chi connectivity index (χ0n) is 13.8. The lowest BCUT2D eigenvalue weighted by atomic mass is 9.99. The molecule has 0 bridgehead atoms. The summed E-state index contributed by atoms with van der Waals surface area (Å²) in [7, 11) is 0. The average molecular weight is 300 g/mol. The first-order valence-electron chi connectivity index (χ1n) is 8.11. The molecule has 1 aliphatic heterocycles. The van der Waals surface area contributed by atoms with Crippen LogP contribution in [0.3, 0.4) is 0 Å². The van der Waals surface area contributed by atoms with Crippen LogP contribution < -0.4 is 0 Å². The Bertz CT molecular complexity index is 704. The molecule has 0 N–H and O–H groups in total. The Morgan fingerprint density at radius 2 is 2.18 bits per heavy atom. The van der Waals surface area contributed by atoms with Gasteiger partial charge in [-0.1, -0.05) is 6.92 Å². The molecule has 3 heterocycles. The van der Waals surface area contributed by atoms with Crippen molar-refractivity contribution in [1.82, 2.24) is 19.7 Å². The quantitative estimate of drug-likeness (QED) is 0.856. The van der Waals surface area contributed by atoms with Gasteiger partial charge in [-0.3, -0.25) is 4.79 Å². The number of nitrogens with zero attached hydrogens (tertiary/aromatic N) is 4. The number of carbonyl (C=O) groups is 1. The lowest BCUT2D eigenvalue weighted by Gasteiger charge is -2.31. The lowest BCUT2D eigenvalue weighted by Crippen LogP contribution is -2.39. The molecule has 1 saturated heterocycles. The van der Waals surface area contributed by atoms with Gasteiger partial charge in [-0.25, -0.2) is 9.67 Å². The molecule has 1 atom stereocenters. The first-order valence-corrected chi connectivity index (χ1v) is 8.11. The summed E-state index contributed by atoms with van der Waals surface area (Å²) in [6.45, 7) is 9.99. The van der Waals surface area contributed by atoms with Crippen LogP contribution in [0.2, 0.25) is 0 Å². The molecule has 1 amide bonds. The zero-order valence-corrected chi connectivity index (χ0v) is 13.8. The molecule has 22 heavy (non-hydrogen) atoms. The summed E-state index contributed by atoms with van der Waals surface area (Å²) in [6, 6.07) is 2.21. The molecule has 0 aromatic carbocycles. The van der Waals surface area contributed by atoms with Crippen molar-refractivity contribution in [1.29, 1.82) is 0 Å². The highest BCUT2D eigenvalue weighted by molar-refractivity contribution is 5.98. The summed E-state index contributed by atoms with van der Waals surface area (Å²) in [5, 5.41) is 5.33. The molecule has 2 aromatic heterocycles. The minimum Gasteiger partial charge on any atom is -0.338 e. The molecule has 2 aromatic rings. The summed E-state index contributed by atoms with van der Waals surface area (Å²) in [4.78, 5) is 19.4. The third kappa shape index (κ3) is 2.60.